The standard InChI is InChI=1S/C29H24Br2O5/c1-33-21-13-23(27(25(15-21)35-3)17-7-5-9-19(30)11-17)29(32)24-14-22(34-2)16-26(36-4)28(24)18-8-6-10-20(31)12-18/h5-16H,1-4H3. The Morgan fingerprint density at radius 3 is 1.33 bits per heavy atom. The lowest BCUT2D eigenvalue weighted by molar-refractivity contribution is 0.103. The second-order valence-electron chi connectivity index (χ2n) is 7.85. The van der Waals surface area contributed by atoms with Gasteiger partial charge in [0.1, 0.15) is 23.0 Å². The fraction of sp³-hybridized carbons (Fsp3) is 0.138. The largest absolute Gasteiger partial charge is 0.497 e. The Labute approximate surface area is 227 Å². The first-order valence-electron chi connectivity index (χ1n) is 11.0. The predicted octanol–water partition coefficient (Wildman–Crippen LogP) is 7.81. The molecule has 0 atom stereocenters. The Hall–Kier alpha value is -3.29. The minimum atomic E-state index is -0.227. The van der Waals surface area contributed by atoms with Gasteiger partial charge in [-0.3, -0.25) is 4.79 Å². The van der Waals surface area contributed by atoms with E-state index < -0.39 is 0 Å². The van der Waals surface area contributed by atoms with Crippen LogP contribution in [-0.2, 0) is 0 Å². The molecule has 0 saturated carbocycles. The van der Waals surface area contributed by atoms with Crippen LogP contribution in [0.25, 0.3) is 22.3 Å². The summed E-state index contributed by atoms with van der Waals surface area (Å²) in [4.78, 5) is 14.4. The van der Waals surface area contributed by atoms with Crippen LogP contribution in [0.2, 0.25) is 0 Å². The van der Waals surface area contributed by atoms with Crippen molar-refractivity contribution in [3.8, 4) is 45.3 Å². The summed E-state index contributed by atoms with van der Waals surface area (Å²) < 4.78 is 24.3. The molecular weight excluding hydrogens is 588 g/mol. The van der Waals surface area contributed by atoms with Gasteiger partial charge in [-0.25, -0.2) is 0 Å². The molecule has 0 aliphatic rings. The van der Waals surface area contributed by atoms with Gasteiger partial charge >= 0.3 is 0 Å². The first kappa shape index (κ1) is 25.8. The minimum absolute atomic E-state index is 0.227. The van der Waals surface area contributed by atoms with Crippen LogP contribution in [0.5, 0.6) is 23.0 Å². The van der Waals surface area contributed by atoms with Gasteiger partial charge < -0.3 is 18.9 Å². The van der Waals surface area contributed by atoms with E-state index in [4.69, 9.17) is 18.9 Å². The van der Waals surface area contributed by atoms with E-state index in [2.05, 4.69) is 31.9 Å². The average molecular weight is 612 g/mol. The minimum Gasteiger partial charge on any atom is -0.497 e. The van der Waals surface area contributed by atoms with Crippen LogP contribution < -0.4 is 18.9 Å². The van der Waals surface area contributed by atoms with Crippen LogP contribution in [0, 0.1) is 0 Å². The zero-order chi connectivity index (χ0) is 25.8. The van der Waals surface area contributed by atoms with Crippen LogP contribution in [0.15, 0.2) is 81.7 Å². The number of halogens is 2. The molecule has 4 aromatic rings. The Bertz CT molecular complexity index is 1320. The number of carbonyl (C=O) groups is 1. The maximum atomic E-state index is 14.4. The summed E-state index contributed by atoms with van der Waals surface area (Å²) in [6, 6.07) is 22.5. The zero-order valence-corrected chi connectivity index (χ0v) is 23.4. The van der Waals surface area contributed by atoms with Crippen molar-refractivity contribution < 1.29 is 23.7 Å². The van der Waals surface area contributed by atoms with Crippen LogP contribution in [0.1, 0.15) is 15.9 Å². The molecule has 0 N–H and O–H groups in total. The zero-order valence-electron chi connectivity index (χ0n) is 20.2. The summed E-state index contributed by atoms with van der Waals surface area (Å²) in [7, 11) is 6.27. The number of carbonyl (C=O) groups excluding carboxylic acids is 1. The summed E-state index contributed by atoms with van der Waals surface area (Å²) in [5.41, 5.74) is 3.82. The van der Waals surface area contributed by atoms with Crippen molar-refractivity contribution in [1.29, 1.82) is 0 Å². The molecule has 184 valence electrons. The van der Waals surface area contributed by atoms with Gasteiger partial charge in [-0.1, -0.05) is 56.1 Å². The number of rotatable bonds is 8. The maximum Gasteiger partial charge on any atom is 0.194 e. The third-order valence-electron chi connectivity index (χ3n) is 5.78. The molecule has 4 aromatic carbocycles. The molecule has 0 spiro atoms. The molecule has 7 heteroatoms. The molecule has 0 heterocycles. The molecule has 36 heavy (non-hydrogen) atoms. The van der Waals surface area contributed by atoms with E-state index in [1.54, 1.807) is 52.7 Å². The van der Waals surface area contributed by atoms with Crippen molar-refractivity contribution in [3.05, 3.63) is 92.9 Å². The van der Waals surface area contributed by atoms with E-state index in [1.165, 1.54) is 0 Å². The Morgan fingerprint density at radius 2 is 1.00 bits per heavy atom. The molecule has 0 aliphatic heterocycles. The summed E-state index contributed by atoms with van der Waals surface area (Å²) in [5.74, 6) is 1.83. The lowest BCUT2D eigenvalue weighted by Crippen LogP contribution is -2.09. The molecule has 0 bridgehead atoms. The molecule has 0 amide bonds. The topological polar surface area (TPSA) is 54.0 Å². The van der Waals surface area contributed by atoms with E-state index >= 15 is 0 Å². The molecule has 0 aliphatic carbocycles. The normalized spacial score (nSPS) is 10.6. The Morgan fingerprint density at radius 1 is 0.583 bits per heavy atom. The molecule has 0 radical (unpaired) electrons. The van der Waals surface area contributed by atoms with Gasteiger partial charge in [-0.05, 0) is 47.5 Å². The first-order chi connectivity index (χ1) is 17.4. The Kier molecular flexibility index (Phi) is 8.01. The molecular formula is C29H24Br2O5. The van der Waals surface area contributed by atoms with E-state index in [-0.39, 0.29) is 5.78 Å². The fourth-order valence-corrected chi connectivity index (χ4v) is 4.92. The van der Waals surface area contributed by atoms with Crippen molar-refractivity contribution in [1.82, 2.24) is 0 Å². The molecule has 0 fully saturated rings. The third-order valence-corrected chi connectivity index (χ3v) is 6.76. The molecule has 5 nitrogen and oxygen atoms in total. The van der Waals surface area contributed by atoms with Gasteiger partial charge in [0.2, 0.25) is 0 Å². The van der Waals surface area contributed by atoms with Gasteiger partial charge in [-0.15, -0.1) is 0 Å². The van der Waals surface area contributed by atoms with Gasteiger partial charge in [-0.2, -0.15) is 0 Å². The molecule has 0 aromatic heterocycles. The number of hydrogen-bond acceptors (Lipinski definition) is 5. The summed E-state index contributed by atoms with van der Waals surface area (Å²) in [6.45, 7) is 0. The summed E-state index contributed by atoms with van der Waals surface area (Å²) in [5, 5.41) is 0. The van der Waals surface area contributed by atoms with Crippen LogP contribution in [0.4, 0.5) is 0 Å². The van der Waals surface area contributed by atoms with Crippen LogP contribution >= 0.6 is 31.9 Å². The highest BCUT2D eigenvalue weighted by atomic mass is 79.9. The SMILES string of the molecule is COc1cc(OC)c(-c2cccc(Br)c2)c(C(=O)c2cc(OC)cc(OC)c2-c2cccc(Br)c2)c1. The Balaban J connectivity index is 2.06. The molecule has 0 unspecified atom stereocenters. The number of methoxy groups -OCH3 is 4. The third kappa shape index (κ3) is 5.13. The van der Waals surface area contributed by atoms with Crippen molar-refractivity contribution in [2.45, 2.75) is 0 Å². The number of ether oxygens (including phenoxy) is 4. The quantitative estimate of drug-likeness (QED) is 0.190. The number of ketones is 1. The van der Waals surface area contributed by atoms with Gasteiger partial charge in [0.15, 0.2) is 5.78 Å². The first-order valence-corrected chi connectivity index (χ1v) is 12.6. The van der Waals surface area contributed by atoms with E-state index in [1.807, 2.05) is 48.5 Å². The second-order valence-corrected chi connectivity index (χ2v) is 9.69. The number of hydrogen-bond donors (Lipinski definition) is 0. The summed E-state index contributed by atoms with van der Waals surface area (Å²) >= 11 is 7.08. The van der Waals surface area contributed by atoms with Crippen molar-refractivity contribution >= 4 is 37.6 Å². The average Bonchev–Trinajstić information content (AvgIpc) is 2.90. The second kappa shape index (κ2) is 11.2. The fourth-order valence-electron chi connectivity index (χ4n) is 4.12. The monoisotopic (exact) mass is 610 g/mol. The number of benzene rings is 4. The lowest BCUT2D eigenvalue weighted by Gasteiger charge is -2.19. The predicted molar refractivity (Wildman–Crippen MR) is 149 cm³/mol. The van der Waals surface area contributed by atoms with Gasteiger partial charge in [0.05, 0.1) is 28.4 Å². The highest BCUT2D eigenvalue weighted by molar-refractivity contribution is 9.10. The highest BCUT2D eigenvalue weighted by Gasteiger charge is 2.26. The smallest absolute Gasteiger partial charge is 0.194 e. The molecule has 4 rings (SSSR count). The van der Waals surface area contributed by atoms with Gasteiger partial charge in [0.25, 0.3) is 0 Å². The highest BCUT2D eigenvalue weighted by Crippen LogP contribution is 2.43. The van der Waals surface area contributed by atoms with E-state index in [9.17, 15) is 4.79 Å². The van der Waals surface area contributed by atoms with Crippen LogP contribution in [-0.4, -0.2) is 34.2 Å². The van der Waals surface area contributed by atoms with Gasteiger partial charge in [0, 0.05) is 43.3 Å². The van der Waals surface area contributed by atoms with E-state index in [0.717, 1.165) is 20.1 Å². The maximum absolute atomic E-state index is 14.4. The van der Waals surface area contributed by atoms with Crippen molar-refractivity contribution in [3.63, 3.8) is 0 Å². The molecule has 0 saturated heterocycles. The van der Waals surface area contributed by atoms with E-state index in [0.29, 0.717) is 45.3 Å². The van der Waals surface area contributed by atoms with Crippen LogP contribution in [0.3, 0.4) is 0 Å². The lowest BCUT2D eigenvalue weighted by atomic mass is 9.88. The van der Waals surface area contributed by atoms with Crippen molar-refractivity contribution in [2.24, 2.45) is 0 Å². The van der Waals surface area contributed by atoms with Crippen molar-refractivity contribution in [2.75, 3.05) is 28.4 Å². The summed E-state index contributed by atoms with van der Waals surface area (Å²) in [6.07, 6.45) is 0.